The minimum atomic E-state index is -1.05. The molecule has 1 aromatic heterocycles. The van der Waals surface area contributed by atoms with Gasteiger partial charge in [-0.25, -0.2) is 4.79 Å². The Bertz CT molecular complexity index is 984. The van der Waals surface area contributed by atoms with E-state index in [0.717, 1.165) is 5.39 Å². The second-order valence-electron chi connectivity index (χ2n) is 7.26. The maximum atomic E-state index is 13.2. The number of aliphatic carboxylic acids is 1. The summed E-state index contributed by atoms with van der Waals surface area (Å²) in [5.41, 5.74) is 0.244. The number of carboxylic acid groups (broad SMARTS) is 1. The monoisotopic (exact) mass is 394 g/mol. The molecule has 1 aromatic carbocycles. The molecule has 2 aliphatic heterocycles. The number of nitrogens with one attached hydrogen (secondary N) is 2. The molecule has 8 heteroatoms. The van der Waals surface area contributed by atoms with Gasteiger partial charge in [0.05, 0.1) is 0 Å². The predicted octanol–water partition coefficient (Wildman–Crippen LogP) is 0.937. The average Bonchev–Trinajstić information content (AvgIpc) is 2.73. The van der Waals surface area contributed by atoms with Gasteiger partial charge in [-0.2, -0.15) is 0 Å². The van der Waals surface area contributed by atoms with Crippen LogP contribution in [0.2, 0.25) is 0 Å². The van der Waals surface area contributed by atoms with E-state index in [4.69, 9.17) is 0 Å². The van der Waals surface area contributed by atoms with Gasteiger partial charge in [0.15, 0.2) is 0 Å². The highest BCUT2D eigenvalue weighted by Gasteiger charge is 2.41. The van der Waals surface area contributed by atoms with Crippen LogP contribution in [0.3, 0.4) is 0 Å². The van der Waals surface area contributed by atoms with E-state index < -0.39 is 24.0 Å². The molecule has 1 saturated heterocycles. The Kier molecular flexibility index (Phi) is 5.26. The van der Waals surface area contributed by atoms with E-state index in [1.807, 2.05) is 42.5 Å². The number of carbonyl (C=O) groups is 3. The molecule has 1 fully saturated rings. The Hall–Kier alpha value is -3.26. The van der Waals surface area contributed by atoms with Gasteiger partial charge in [-0.3, -0.25) is 14.6 Å². The summed E-state index contributed by atoms with van der Waals surface area (Å²) >= 11 is 0. The molecule has 2 aromatic rings. The Labute approximate surface area is 167 Å². The zero-order chi connectivity index (χ0) is 20.4. The topological polar surface area (TPSA) is 112 Å². The molecule has 4 rings (SSSR count). The quantitative estimate of drug-likeness (QED) is 0.668. The van der Waals surface area contributed by atoms with Crippen LogP contribution in [0, 0.1) is 0 Å². The van der Waals surface area contributed by atoms with Crippen molar-refractivity contribution in [2.75, 3.05) is 13.1 Å². The van der Waals surface area contributed by atoms with Crippen LogP contribution in [0.25, 0.3) is 10.8 Å². The van der Waals surface area contributed by atoms with Crippen LogP contribution < -0.4 is 10.6 Å². The van der Waals surface area contributed by atoms with Gasteiger partial charge in [0.1, 0.15) is 17.8 Å². The van der Waals surface area contributed by atoms with E-state index in [9.17, 15) is 19.5 Å². The number of pyridine rings is 1. The van der Waals surface area contributed by atoms with E-state index in [1.54, 1.807) is 6.20 Å². The van der Waals surface area contributed by atoms with Crippen molar-refractivity contribution in [3.05, 3.63) is 54.4 Å². The number of hydrogen-bond donors (Lipinski definition) is 3. The molecule has 0 aliphatic carbocycles. The first kappa shape index (κ1) is 19.1. The Morgan fingerprint density at radius 2 is 1.93 bits per heavy atom. The Balaban J connectivity index is 1.62. The van der Waals surface area contributed by atoms with Gasteiger partial charge in [0.2, 0.25) is 5.91 Å². The molecule has 3 heterocycles. The average molecular weight is 394 g/mol. The van der Waals surface area contributed by atoms with Crippen LogP contribution in [-0.2, 0) is 9.59 Å². The van der Waals surface area contributed by atoms with E-state index in [0.29, 0.717) is 24.8 Å². The fourth-order valence-electron chi connectivity index (χ4n) is 3.99. The molecule has 3 atom stereocenters. The number of nitrogens with zero attached hydrogens (tertiary/aromatic N) is 2. The van der Waals surface area contributed by atoms with Crippen LogP contribution >= 0.6 is 0 Å². The van der Waals surface area contributed by atoms with Crippen LogP contribution in [0.4, 0.5) is 0 Å². The Morgan fingerprint density at radius 1 is 1.14 bits per heavy atom. The van der Waals surface area contributed by atoms with Gasteiger partial charge in [0.25, 0.3) is 5.91 Å². The summed E-state index contributed by atoms with van der Waals surface area (Å²) in [7, 11) is 0. The smallest absolute Gasteiger partial charge is 0.327 e. The number of hydrogen-bond acceptors (Lipinski definition) is 5. The Morgan fingerprint density at radius 3 is 2.76 bits per heavy atom. The zero-order valence-corrected chi connectivity index (χ0v) is 15.7. The molecule has 0 spiro atoms. The molecule has 3 N–H and O–H groups in total. The van der Waals surface area contributed by atoms with Gasteiger partial charge in [-0.05, 0) is 24.3 Å². The first-order valence-corrected chi connectivity index (χ1v) is 9.61. The highest BCUT2D eigenvalue weighted by atomic mass is 16.4. The van der Waals surface area contributed by atoms with E-state index in [2.05, 4.69) is 15.6 Å². The first-order chi connectivity index (χ1) is 14.1. The largest absolute Gasteiger partial charge is 0.480 e. The van der Waals surface area contributed by atoms with E-state index in [1.165, 1.54) is 4.90 Å². The van der Waals surface area contributed by atoms with Crippen molar-refractivity contribution in [1.29, 1.82) is 0 Å². The lowest BCUT2D eigenvalue weighted by Crippen LogP contribution is -2.65. The van der Waals surface area contributed by atoms with Crippen LogP contribution in [-0.4, -0.2) is 64.0 Å². The highest BCUT2D eigenvalue weighted by molar-refractivity contribution is 6.06. The molecule has 8 nitrogen and oxygen atoms in total. The third-order valence-corrected chi connectivity index (χ3v) is 5.43. The normalized spacial score (nSPS) is 25.6. The van der Waals surface area contributed by atoms with E-state index in [-0.39, 0.29) is 24.2 Å². The zero-order valence-electron chi connectivity index (χ0n) is 15.7. The molecule has 0 radical (unpaired) electrons. The van der Waals surface area contributed by atoms with Crippen molar-refractivity contribution in [2.24, 2.45) is 0 Å². The van der Waals surface area contributed by atoms with Crippen LogP contribution in [0.1, 0.15) is 23.3 Å². The van der Waals surface area contributed by atoms with Gasteiger partial charge in [-0.1, -0.05) is 36.4 Å². The molecular formula is C21H22N4O4. The summed E-state index contributed by atoms with van der Waals surface area (Å²) in [5, 5.41) is 17.0. The van der Waals surface area contributed by atoms with Gasteiger partial charge in [0, 0.05) is 30.7 Å². The second-order valence-corrected chi connectivity index (χ2v) is 7.26. The summed E-state index contributed by atoms with van der Waals surface area (Å²) in [6.45, 7) is 0.707. The number of piperazine rings is 1. The fourth-order valence-corrected chi connectivity index (χ4v) is 3.99. The lowest BCUT2D eigenvalue weighted by molar-refractivity contribution is -0.155. The summed E-state index contributed by atoms with van der Waals surface area (Å²) in [5.74, 6) is -1.88. The number of carboxylic acids is 1. The predicted molar refractivity (Wildman–Crippen MR) is 106 cm³/mol. The highest BCUT2D eigenvalue weighted by Crippen LogP contribution is 2.21. The number of carbonyl (C=O) groups excluding carboxylic acids is 2. The van der Waals surface area contributed by atoms with Gasteiger partial charge < -0.3 is 20.6 Å². The van der Waals surface area contributed by atoms with E-state index >= 15 is 0 Å². The van der Waals surface area contributed by atoms with Crippen molar-refractivity contribution < 1.29 is 19.5 Å². The molecule has 150 valence electrons. The number of benzene rings is 1. The number of aromatic nitrogens is 1. The van der Waals surface area contributed by atoms with Crippen molar-refractivity contribution in [3.63, 3.8) is 0 Å². The maximum absolute atomic E-state index is 13.2. The van der Waals surface area contributed by atoms with Gasteiger partial charge in [-0.15, -0.1) is 0 Å². The number of rotatable bonds is 3. The molecule has 3 unspecified atom stereocenters. The summed E-state index contributed by atoms with van der Waals surface area (Å²) < 4.78 is 0. The third kappa shape index (κ3) is 3.71. The maximum Gasteiger partial charge on any atom is 0.327 e. The summed E-state index contributed by atoms with van der Waals surface area (Å²) in [6.07, 6.45) is 6.24. The third-order valence-electron chi connectivity index (χ3n) is 5.43. The molecule has 0 bridgehead atoms. The lowest BCUT2D eigenvalue weighted by atomic mass is 9.98. The SMILES string of the molecule is O=C(NC1C/C=C\CC2CNCC(C(=O)O)N2C1=O)c1nccc2ccccc12. The number of amides is 2. The summed E-state index contributed by atoms with van der Waals surface area (Å²) in [6, 6.07) is 7.16. The molecule has 2 amide bonds. The minimum Gasteiger partial charge on any atom is -0.480 e. The molecule has 2 aliphatic rings. The van der Waals surface area contributed by atoms with Gasteiger partial charge >= 0.3 is 5.97 Å². The van der Waals surface area contributed by atoms with Crippen LogP contribution in [0.5, 0.6) is 0 Å². The fraction of sp³-hybridized carbons (Fsp3) is 0.333. The second kappa shape index (κ2) is 8.00. The molecule has 0 saturated carbocycles. The van der Waals surface area contributed by atoms with Crippen LogP contribution in [0.15, 0.2) is 48.7 Å². The number of fused-ring (bicyclic) bond motifs is 2. The van der Waals surface area contributed by atoms with Crippen molar-refractivity contribution in [3.8, 4) is 0 Å². The minimum absolute atomic E-state index is 0.187. The summed E-state index contributed by atoms with van der Waals surface area (Å²) in [4.78, 5) is 43.5. The molecular weight excluding hydrogens is 372 g/mol. The standard InChI is InChI=1S/C21H22N4O4/c26-19(18-15-7-3-1-5-13(15)9-10-23-18)24-16-8-4-2-6-14-11-22-12-17(21(28)29)25(14)20(16)27/h1-5,7,9-10,14,16-17,22H,6,8,11-12H2,(H,24,26)(H,28,29)/b4-2-. The van der Waals surface area contributed by atoms with Crippen molar-refractivity contribution in [2.45, 2.75) is 31.0 Å². The van der Waals surface area contributed by atoms with Crippen molar-refractivity contribution in [1.82, 2.24) is 20.5 Å². The lowest BCUT2D eigenvalue weighted by Gasteiger charge is -2.42. The molecule has 29 heavy (non-hydrogen) atoms. The first-order valence-electron chi connectivity index (χ1n) is 9.61. The van der Waals surface area contributed by atoms with Crippen molar-refractivity contribution >= 4 is 28.6 Å².